The Bertz CT molecular complexity index is 317. The molecule has 1 nitrogen and oxygen atoms in total. The van der Waals surface area contributed by atoms with Crippen LogP contribution in [0.1, 0.15) is 19.8 Å². The summed E-state index contributed by atoms with van der Waals surface area (Å²) in [6.45, 7) is 2.63. The van der Waals surface area contributed by atoms with E-state index in [1.807, 2.05) is 6.92 Å². The van der Waals surface area contributed by atoms with Crippen LogP contribution in [-0.2, 0) is 0 Å². The Hall–Kier alpha value is -0.610. The standard InChI is InChI=1S/C11H15F2NS/c1-2-9(5-6-14)15-11-4-3-8(12)7-10(11)13/h3-4,7,9H,2,5-6,14H2,1H3. The quantitative estimate of drug-likeness (QED) is 0.788. The van der Waals surface area contributed by atoms with Crippen LogP contribution in [0, 0.1) is 11.6 Å². The number of hydrogen-bond donors (Lipinski definition) is 1. The van der Waals surface area contributed by atoms with Crippen molar-refractivity contribution in [3.8, 4) is 0 Å². The second-order valence-electron chi connectivity index (χ2n) is 3.30. The average molecular weight is 231 g/mol. The lowest BCUT2D eigenvalue weighted by Crippen LogP contribution is -2.09. The highest BCUT2D eigenvalue weighted by atomic mass is 32.2. The van der Waals surface area contributed by atoms with Crippen LogP contribution in [0.2, 0.25) is 0 Å². The zero-order chi connectivity index (χ0) is 11.3. The van der Waals surface area contributed by atoms with Gasteiger partial charge in [-0.3, -0.25) is 0 Å². The first kappa shape index (κ1) is 12.5. The second-order valence-corrected chi connectivity index (χ2v) is 4.64. The molecule has 15 heavy (non-hydrogen) atoms. The maximum absolute atomic E-state index is 13.3. The van der Waals surface area contributed by atoms with Gasteiger partial charge in [-0.25, -0.2) is 8.78 Å². The minimum absolute atomic E-state index is 0.301. The monoisotopic (exact) mass is 231 g/mol. The molecule has 1 aromatic carbocycles. The first-order chi connectivity index (χ1) is 7.17. The van der Waals surface area contributed by atoms with Crippen molar-refractivity contribution >= 4 is 11.8 Å². The molecule has 1 rings (SSSR count). The molecule has 1 unspecified atom stereocenters. The van der Waals surface area contributed by atoms with E-state index in [0.717, 1.165) is 18.9 Å². The molecular weight excluding hydrogens is 216 g/mol. The van der Waals surface area contributed by atoms with Gasteiger partial charge in [0.25, 0.3) is 0 Å². The summed E-state index contributed by atoms with van der Waals surface area (Å²) < 4.78 is 25.9. The van der Waals surface area contributed by atoms with Gasteiger partial charge in [-0.05, 0) is 31.5 Å². The van der Waals surface area contributed by atoms with E-state index in [9.17, 15) is 8.78 Å². The van der Waals surface area contributed by atoms with E-state index >= 15 is 0 Å². The Labute approximate surface area is 93.1 Å². The molecule has 0 radical (unpaired) electrons. The molecule has 0 aliphatic carbocycles. The summed E-state index contributed by atoms with van der Waals surface area (Å²) in [6, 6.07) is 3.67. The van der Waals surface area contributed by atoms with E-state index in [1.54, 1.807) is 0 Å². The van der Waals surface area contributed by atoms with Gasteiger partial charge in [0, 0.05) is 16.2 Å². The SMILES string of the molecule is CCC(CCN)Sc1ccc(F)cc1F. The van der Waals surface area contributed by atoms with Gasteiger partial charge < -0.3 is 5.73 Å². The Balaban J connectivity index is 2.70. The fourth-order valence-corrected chi connectivity index (χ4v) is 2.38. The van der Waals surface area contributed by atoms with E-state index in [0.29, 0.717) is 16.7 Å². The summed E-state index contributed by atoms with van der Waals surface area (Å²) >= 11 is 1.43. The van der Waals surface area contributed by atoms with Crippen molar-refractivity contribution in [2.24, 2.45) is 5.73 Å². The number of nitrogens with two attached hydrogens (primary N) is 1. The highest BCUT2D eigenvalue weighted by molar-refractivity contribution is 8.00. The molecule has 0 aliphatic heterocycles. The van der Waals surface area contributed by atoms with Crippen molar-refractivity contribution in [3.63, 3.8) is 0 Å². The van der Waals surface area contributed by atoms with Gasteiger partial charge in [-0.15, -0.1) is 11.8 Å². The third-order valence-corrected chi connectivity index (χ3v) is 3.62. The number of thioether (sulfide) groups is 1. The maximum atomic E-state index is 13.3. The molecule has 0 saturated heterocycles. The van der Waals surface area contributed by atoms with Gasteiger partial charge >= 0.3 is 0 Å². The third-order valence-electron chi connectivity index (χ3n) is 2.13. The van der Waals surface area contributed by atoms with Crippen LogP contribution in [0.3, 0.4) is 0 Å². The molecule has 1 aromatic rings. The summed E-state index contributed by atoms with van der Waals surface area (Å²) in [5.74, 6) is -1.03. The molecule has 0 heterocycles. The van der Waals surface area contributed by atoms with Gasteiger partial charge in [0.2, 0.25) is 0 Å². The zero-order valence-electron chi connectivity index (χ0n) is 8.67. The van der Waals surface area contributed by atoms with Crippen molar-refractivity contribution in [2.75, 3.05) is 6.54 Å². The minimum Gasteiger partial charge on any atom is -0.330 e. The Morgan fingerprint density at radius 2 is 2.13 bits per heavy atom. The van der Waals surface area contributed by atoms with E-state index in [-0.39, 0.29) is 0 Å². The van der Waals surface area contributed by atoms with E-state index in [4.69, 9.17) is 5.73 Å². The zero-order valence-corrected chi connectivity index (χ0v) is 9.49. The second kappa shape index (κ2) is 6.08. The van der Waals surface area contributed by atoms with Crippen LogP contribution in [-0.4, -0.2) is 11.8 Å². The molecule has 0 aliphatic rings. The highest BCUT2D eigenvalue weighted by Gasteiger charge is 2.11. The van der Waals surface area contributed by atoms with Crippen molar-refractivity contribution in [1.82, 2.24) is 0 Å². The van der Waals surface area contributed by atoms with Gasteiger partial charge in [-0.2, -0.15) is 0 Å². The molecule has 1 atom stereocenters. The molecule has 84 valence electrons. The summed E-state index contributed by atoms with van der Waals surface area (Å²) in [7, 11) is 0. The molecule has 0 fully saturated rings. The lowest BCUT2D eigenvalue weighted by Gasteiger charge is -2.13. The Morgan fingerprint density at radius 1 is 1.40 bits per heavy atom. The molecule has 4 heteroatoms. The van der Waals surface area contributed by atoms with Gasteiger partial charge in [0.05, 0.1) is 0 Å². The molecule has 2 N–H and O–H groups in total. The fourth-order valence-electron chi connectivity index (χ4n) is 1.28. The number of benzene rings is 1. The first-order valence-electron chi connectivity index (χ1n) is 4.99. The predicted octanol–water partition coefficient (Wildman–Crippen LogP) is 3.18. The maximum Gasteiger partial charge on any atom is 0.139 e. The summed E-state index contributed by atoms with van der Waals surface area (Å²) in [4.78, 5) is 0.497. The van der Waals surface area contributed by atoms with Crippen LogP contribution < -0.4 is 5.73 Å². The average Bonchev–Trinajstić information content (AvgIpc) is 2.21. The molecule has 0 amide bonds. The molecule has 0 spiro atoms. The number of hydrogen-bond acceptors (Lipinski definition) is 2. The Morgan fingerprint density at radius 3 is 2.67 bits per heavy atom. The van der Waals surface area contributed by atoms with Gasteiger partial charge in [0.15, 0.2) is 0 Å². The third kappa shape index (κ3) is 3.80. The van der Waals surface area contributed by atoms with Gasteiger partial charge in [-0.1, -0.05) is 6.92 Å². The largest absolute Gasteiger partial charge is 0.330 e. The summed E-state index contributed by atoms with van der Waals surface area (Å²) in [5.41, 5.74) is 5.45. The Kier molecular flexibility index (Phi) is 5.05. The van der Waals surface area contributed by atoms with Crippen LogP contribution >= 0.6 is 11.8 Å². The molecule has 0 aromatic heterocycles. The smallest absolute Gasteiger partial charge is 0.139 e. The van der Waals surface area contributed by atoms with E-state index < -0.39 is 11.6 Å². The number of rotatable bonds is 5. The normalized spacial score (nSPS) is 12.8. The summed E-state index contributed by atoms with van der Waals surface area (Å²) in [5, 5.41) is 0.301. The van der Waals surface area contributed by atoms with Crippen LogP contribution in [0.5, 0.6) is 0 Å². The van der Waals surface area contributed by atoms with E-state index in [1.165, 1.54) is 23.9 Å². The summed E-state index contributed by atoms with van der Waals surface area (Å²) in [6.07, 6.45) is 1.77. The van der Waals surface area contributed by atoms with Crippen LogP contribution in [0.25, 0.3) is 0 Å². The molecule has 0 saturated carbocycles. The van der Waals surface area contributed by atoms with Crippen molar-refractivity contribution in [3.05, 3.63) is 29.8 Å². The molecular formula is C11H15F2NS. The highest BCUT2D eigenvalue weighted by Crippen LogP contribution is 2.29. The lowest BCUT2D eigenvalue weighted by atomic mass is 10.2. The van der Waals surface area contributed by atoms with Crippen LogP contribution in [0.4, 0.5) is 8.78 Å². The van der Waals surface area contributed by atoms with Crippen molar-refractivity contribution in [2.45, 2.75) is 29.9 Å². The molecule has 0 bridgehead atoms. The van der Waals surface area contributed by atoms with Crippen LogP contribution in [0.15, 0.2) is 23.1 Å². The van der Waals surface area contributed by atoms with E-state index in [2.05, 4.69) is 0 Å². The van der Waals surface area contributed by atoms with Crippen molar-refractivity contribution in [1.29, 1.82) is 0 Å². The fraction of sp³-hybridized carbons (Fsp3) is 0.455. The topological polar surface area (TPSA) is 26.0 Å². The minimum atomic E-state index is -0.538. The lowest BCUT2D eigenvalue weighted by molar-refractivity contribution is 0.565. The number of halogens is 2. The first-order valence-corrected chi connectivity index (χ1v) is 5.87. The van der Waals surface area contributed by atoms with Gasteiger partial charge in [0.1, 0.15) is 11.6 Å². The predicted molar refractivity (Wildman–Crippen MR) is 60.0 cm³/mol. The van der Waals surface area contributed by atoms with Crippen molar-refractivity contribution < 1.29 is 8.78 Å².